The Hall–Kier alpha value is -1.18. The molecule has 0 amide bonds. The predicted molar refractivity (Wildman–Crippen MR) is 96.6 cm³/mol. The summed E-state index contributed by atoms with van der Waals surface area (Å²) in [5.74, 6) is 6.94. The average Bonchev–Trinajstić information content (AvgIpc) is 3.40. The molecule has 0 radical (unpaired) electrons. The Labute approximate surface area is 159 Å². The molecule has 0 saturated heterocycles. The minimum atomic E-state index is 0.212. The third-order valence-electron chi connectivity index (χ3n) is 9.64. The molecule has 26 heavy (non-hydrogen) atoms. The van der Waals surface area contributed by atoms with Crippen molar-refractivity contribution in [1.29, 1.82) is 0 Å². The molecule has 0 aromatic heterocycles. The summed E-state index contributed by atoms with van der Waals surface area (Å²) in [5.41, 5.74) is 0. The Morgan fingerprint density at radius 1 is 0.615 bits per heavy atom. The summed E-state index contributed by atoms with van der Waals surface area (Å²) in [6.45, 7) is 0. The van der Waals surface area contributed by atoms with E-state index in [9.17, 15) is 9.59 Å². The summed E-state index contributed by atoms with van der Waals surface area (Å²) in [6.07, 6.45) is 4.73. The minimum absolute atomic E-state index is 0.212. The number of carbonyl (C=O) groups is 2. The van der Waals surface area contributed by atoms with E-state index >= 15 is 0 Å². The van der Waals surface area contributed by atoms with Gasteiger partial charge in [-0.2, -0.15) is 0 Å². The SMILES string of the molecule is O=C1C2C([Se]c3ccccc3)C3C(=O)C4C5C=CC6C1C1C2C3C4C1C65. The van der Waals surface area contributed by atoms with E-state index in [0.29, 0.717) is 75.6 Å². The zero-order valence-corrected chi connectivity index (χ0v) is 16.0. The van der Waals surface area contributed by atoms with Crippen molar-refractivity contribution in [3.63, 3.8) is 0 Å². The van der Waals surface area contributed by atoms with Gasteiger partial charge in [-0.3, -0.25) is 0 Å². The fourth-order valence-electron chi connectivity index (χ4n) is 9.60. The molecule has 3 heteroatoms. The van der Waals surface area contributed by atoms with Crippen LogP contribution in [-0.2, 0) is 9.59 Å². The summed E-state index contributed by atoms with van der Waals surface area (Å²) in [5, 5.41) is 0. The number of fused-ring (bicyclic) bond motifs is 2. The molecule has 1 aromatic carbocycles. The Kier molecular flexibility index (Phi) is 2.21. The molecule has 6 saturated carbocycles. The Balaban J connectivity index is 1.33. The van der Waals surface area contributed by atoms with Crippen LogP contribution in [0, 0.1) is 71.0 Å². The van der Waals surface area contributed by atoms with Crippen LogP contribution in [0.3, 0.4) is 0 Å². The van der Waals surface area contributed by atoms with Gasteiger partial charge < -0.3 is 0 Å². The van der Waals surface area contributed by atoms with Gasteiger partial charge in [0.2, 0.25) is 0 Å². The van der Waals surface area contributed by atoms with Crippen molar-refractivity contribution in [1.82, 2.24) is 0 Å². The monoisotopic (exact) mass is 408 g/mol. The number of ketones is 2. The molecule has 130 valence electrons. The molecule has 0 bridgehead atoms. The van der Waals surface area contributed by atoms with Gasteiger partial charge in [0.25, 0.3) is 0 Å². The Morgan fingerprint density at radius 2 is 1.15 bits per heavy atom. The normalized spacial score (nSPS) is 60.8. The van der Waals surface area contributed by atoms with Crippen LogP contribution >= 0.6 is 0 Å². The number of Topliss-reactive ketones (excluding diaryl/α,β-unsaturated/α-hetero) is 2. The van der Waals surface area contributed by atoms with E-state index in [4.69, 9.17) is 0 Å². The van der Waals surface area contributed by atoms with Crippen LogP contribution in [0.2, 0.25) is 4.82 Å². The van der Waals surface area contributed by atoms with E-state index in [2.05, 4.69) is 42.5 Å². The molecular weight excluding hydrogens is 387 g/mol. The second-order valence-corrected chi connectivity index (χ2v) is 12.4. The first-order chi connectivity index (χ1) is 12.8. The number of carbonyl (C=O) groups excluding carboxylic acids is 2. The summed E-state index contributed by atoms with van der Waals surface area (Å²) in [6, 6.07) is 10.7. The second kappa shape index (κ2) is 4.13. The van der Waals surface area contributed by atoms with Gasteiger partial charge in [0.15, 0.2) is 0 Å². The molecule has 0 spiro atoms. The van der Waals surface area contributed by atoms with Crippen molar-refractivity contribution in [2.45, 2.75) is 4.82 Å². The molecule has 7 aliphatic carbocycles. The average molecular weight is 407 g/mol. The van der Waals surface area contributed by atoms with E-state index in [1.807, 2.05) is 0 Å². The Morgan fingerprint density at radius 3 is 1.73 bits per heavy atom. The van der Waals surface area contributed by atoms with Gasteiger partial charge in [0, 0.05) is 0 Å². The maximum absolute atomic E-state index is 13.6. The van der Waals surface area contributed by atoms with Crippen molar-refractivity contribution in [3.8, 4) is 0 Å². The molecular formula is C23H20O2Se. The third kappa shape index (κ3) is 1.18. The van der Waals surface area contributed by atoms with Crippen molar-refractivity contribution < 1.29 is 9.59 Å². The molecule has 8 rings (SSSR count). The van der Waals surface area contributed by atoms with E-state index in [1.54, 1.807) is 0 Å². The van der Waals surface area contributed by atoms with Crippen LogP contribution in [0.15, 0.2) is 42.5 Å². The number of benzene rings is 1. The zero-order chi connectivity index (χ0) is 16.9. The van der Waals surface area contributed by atoms with Gasteiger partial charge in [-0.05, 0) is 0 Å². The van der Waals surface area contributed by atoms with Crippen LogP contribution < -0.4 is 4.46 Å². The number of hydrogen-bond donors (Lipinski definition) is 0. The van der Waals surface area contributed by atoms with Gasteiger partial charge in [-0.1, -0.05) is 0 Å². The van der Waals surface area contributed by atoms with Gasteiger partial charge in [0.1, 0.15) is 0 Å². The second-order valence-electron chi connectivity index (χ2n) is 9.81. The molecule has 10 unspecified atom stereocenters. The fraction of sp³-hybridized carbons (Fsp3) is 0.565. The number of rotatable bonds is 2. The molecule has 0 heterocycles. The van der Waals surface area contributed by atoms with Gasteiger partial charge in [-0.15, -0.1) is 0 Å². The van der Waals surface area contributed by atoms with E-state index in [1.165, 1.54) is 4.46 Å². The standard InChI is InChI=1S/C23H20O2Se/c24-21-12-9-6-7-10-11(9)14-15(12)17-18-16(14)13(10)22(25)20(18)23(19(17)21)26-8-4-2-1-3-5-8/h1-7,9-20,23H. The zero-order valence-electron chi connectivity index (χ0n) is 14.3. The van der Waals surface area contributed by atoms with Gasteiger partial charge in [0.05, 0.1) is 0 Å². The van der Waals surface area contributed by atoms with Gasteiger partial charge in [-0.25, -0.2) is 0 Å². The molecule has 10 atom stereocenters. The Bertz CT molecular complexity index is 869. The molecule has 0 aliphatic heterocycles. The molecule has 6 fully saturated rings. The fourth-order valence-corrected chi connectivity index (χ4v) is 12.9. The summed E-state index contributed by atoms with van der Waals surface area (Å²) >= 11 is 0.241. The van der Waals surface area contributed by atoms with Crippen molar-refractivity contribution in [2.75, 3.05) is 0 Å². The van der Waals surface area contributed by atoms with E-state index in [-0.39, 0.29) is 26.8 Å². The van der Waals surface area contributed by atoms with Crippen molar-refractivity contribution in [2.24, 2.45) is 71.0 Å². The molecule has 2 nitrogen and oxygen atoms in total. The third-order valence-corrected chi connectivity index (χ3v) is 12.6. The van der Waals surface area contributed by atoms with Crippen molar-refractivity contribution in [3.05, 3.63) is 42.5 Å². The summed E-state index contributed by atoms with van der Waals surface area (Å²) in [7, 11) is 0. The first-order valence-electron chi connectivity index (χ1n) is 10.2. The van der Waals surface area contributed by atoms with E-state index < -0.39 is 0 Å². The number of allylic oxidation sites excluding steroid dienone is 2. The van der Waals surface area contributed by atoms with Crippen LogP contribution in [0.1, 0.15) is 0 Å². The maximum atomic E-state index is 13.6. The van der Waals surface area contributed by atoms with Crippen LogP contribution in [0.5, 0.6) is 0 Å². The first kappa shape index (κ1) is 13.9. The predicted octanol–water partition coefficient (Wildman–Crippen LogP) is 1.99. The van der Waals surface area contributed by atoms with E-state index in [0.717, 1.165) is 0 Å². The molecule has 7 aliphatic rings. The van der Waals surface area contributed by atoms with Crippen molar-refractivity contribution >= 4 is 31.0 Å². The molecule has 0 N–H and O–H groups in total. The summed E-state index contributed by atoms with van der Waals surface area (Å²) < 4.78 is 1.37. The van der Waals surface area contributed by atoms with Gasteiger partial charge >= 0.3 is 159 Å². The summed E-state index contributed by atoms with van der Waals surface area (Å²) in [4.78, 5) is 27.6. The molecule has 1 aromatic rings. The first-order valence-corrected chi connectivity index (χ1v) is 12.1. The van der Waals surface area contributed by atoms with Crippen LogP contribution in [-0.4, -0.2) is 26.5 Å². The van der Waals surface area contributed by atoms with Crippen LogP contribution in [0.4, 0.5) is 0 Å². The quantitative estimate of drug-likeness (QED) is 0.555. The van der Waals surface area contributed by atoms with Crippen LogP contribution in [0.25, 0.3) is 0 Å². The number of hydrogen-bond acceptors (Lipinski definition) is 2. The topological polar surface area (TPSA) is 34.1 Å².